The number of Topliss-reactive ketones (excluding diaryl/α,β-unsaturated/α-hetero) is 1. The summed E-state index contributed by atoms with van der Waals surface area (Å²) in [6.07, 6.45) is 0.265. The van der Waals surface area contributed by atoms with Gasteiger partial charge in [0.2, 0.25) is 6.79 Å². The summed E-state index contributed by atoms with van der Waals surface area (Å²) in [5.41, 5.74) is 2.77. The number of urea groups is 1. The fraction of sp³-hybridized carbons (Fsp3) is 0.269. The molecular formula is C26H25N3O5. The maximum atomic E-state index is 13.3. The molecule has 0 unspecified atom stereocenters. The molecular weight excluding hydrogens is 434 g/mol. The van der Waals surface area contributed by atoms with Crippen molar-refractivity contribution in [1.82, 2.24) is 14.8 Å². The van der Waals surface area contributed by atoms with Crippen molar-refractivity contribution in [3.05, 3.63) is 77.1 Å². The lowest BCUT2D eigenvalue weighted by Gasteiger charge is -2.21. The van der Waals surface area contributed by atoms with Crippen LogP contribution in [0.4, 0.5) is 4.79 Å². The standard InChI is InChI=1S/C26H25N3O5/c1-16-11-20(17(2)29(16)19-7-5-4-6-8-19)21(30)14-28-24(31)26(3,27-25(28)32)13-18-9-10-22-23(12-18)34-15-33-22/h4-12H,13-15H2,1-3H3,(H,27,32)/t26-/m1/s1. The second-order valence-electron chi connectivity index (χ2n) is 8.90. The Balaban J connectivity index is 1.35. The maximum absolute atomic E-state index is 13.3. The normalized spacial score (nSPS) is 19.0. The Hall–Kier alpha value is -4.07. The third kappa shape index (κ3) is 3.61. The topological polar surface area (TPSA) is 89.9 Å². The zero-order valence-corrected chi connectivity index (χ0v) is 19.3. The van der Waals surface area contributed by atoms with Crippen LogP contribution in [0.15, 0.2) is 54.6 Å². The van der Waals surface area contributed by atoms with E-state index < -0.39 is 17.5 Å². The van der Waals surface area contributed by atoms with Gasteiger partial charge in [-0.05, 0) is 56.7 Å². The number of ketones is 1. The summed E-state index contributed by atoms with van der Waals surface area (Å²) >= 11 is 0. The van der Waals surface area contributed by atoms with E-state index in [-0.39, 0.29) is 25.5 Å². The van der Waals surface area contributed by atoms with Gasteiger partial charge in [-0.15, -0.1) is 0 Å². The molecule has 8 heteroatoms. The van der Waals surface area contributed by atoms with E-state index in [1.54, 1.807) is 25.1 Å². The van der Waals surface area contributed by atoms with Gasteiger partial charge in [-0.1, -0.05) is 24.3 Å². The minimum absolute atomic E-state index is 0.159. The number of imide groups is 1. The van der Waals surface area contributed by atoms with E-state index in [4.69, 9.17) is 9.47 Å². The molecule has 2 aliphatic heterocycles. The minimum atomic E-state index is -1.16. The van der Waals surface area contributed by atoms with E-state index in [0.717, 1.165) is 27.5 Å². The van der Waals surface area contributed by atoms with Crippen molar-refractivity contribution < 1.29 is 23.9 Å². The van der Waals surface area contributed by atoms with Gasteiger partial charge in [0.15, 0.2) is 17.3 Å². The minimum Gasteiger partial charge on any atom is -0.454 e. The van der Waals surface area contributed by atoms with Gasteiger partial charge in [-0.2, -0.15) is 0 Å². The average Bonchev–Trinajstić information content (AvgIpc) is 3.45. The number of para-hydroxylation sites is 1. The first-order chi connectivity index (χ1) is 16.3. The molecule has 2 aromatic carbocycles. The monoisotopic (exact) mass is 459 g/mol. The highest BCUT2D eigenvalue weighted by atomic mass is 16.7. The first-order valence-corrected chi connectivity index (χ1v) is 11.1. The molecule has 3 heterocycles. The highest BCUT2D eigenvalue weighted by Gasteiger charge is 2.48. The van der Waals surface area contributed by atoms with Crippen molar-refractivity contribution in [3.63, 3.8) is 0 Å². The number of carbonyl (C=O) groups is 3. The molecule has 5 rings (SSSR count). The van der Waals surface area contributed by atoms with E-state index in [1.165, 1.54) is 0 Å². The summed E-state index contributed by atoms with van der Waals surface area (Å²) in [4.78, 5) is 40.2. The zero-order chi connectivity index (χ0) is 24.0. The van der Waals surface area contributed by atoms with Crippen molar-refractivity contribution >= 4 is 17.7 Å². The molecule has 0 saturated carbocycles. The SMILES string of the molecule is Cc1cc(C(=O)CN2C(=O)N[C@](C)(Cc3ccc4c(c3)OCO4)C2=O)c(C)n1-c1ccccc1. The van der Waals surface area contributed by atoms with Crippen molar-refractivity contribution in [2.75, 3.05) is 13.3 Å². The molecule has 3 amide bonds. The Morgan fingerprint density at radius 1 is 1.03 bits per heavy atom. The molecule has 8 nitrogen and oxygen atoms in total. The van der Waals surface area contributed by atoms with Crippen molar-refractivity contribution in [2.24, 2.45) is 0 Å². The summed E-state index contributed by atoms with van der Waals surface area (Å²) in [6, 6.07) is 16.4. The number of fused-ring (bicyclic) bond motifs is 1. The number of benzene rings is 2. The molecule has 2 aliphatic rings. The Kier molecular flexibility index (Phi) is 5.16. The fourth-order valence-electron chi connectivity index (χ4n) is 4.72. The molecule has 1 aromatic heterocycles. The first-order valence-electron chi connectivity index (χ1n) is 11.1. The van der Waals surface area contributed by atoms with Crippen LogP contribution in [-0.2, 0) is 11.2 Å². The lowest BCUT2D eigenvalue weighted by atomic mass is 9.92. The van der Waals surface area contributed by atoms with Gasteiger partial charge >= 0.3 is 6.03 Å². The predicted octanol–water partition coefficient (Wildman–Crippen LogP) is 3.56. The second kappa shape index (κ2) is 8.06. The Morgan fingerprint density at radius 2 is 1.76 bits per heavy atom. The third-order valence-electron chi connectivity index (χ3n) is 6.39. The number of amides is 3. The van der Waals surface area contributed by atoms with E-state index in [1.807, 2.05) is 54.8 Å². The Morgan fingerprint density at radius 3 is 2.53 bits per heavy atom. The Bertz CT molecular complexity index is 1310. The molecule has 1 N–H and O–H groups in total. The van der Waals surface area contributed by atoms with Crippen LogP contribution in [-0.4, -0.2) is 46.1 Å². The van der Waals surface area contributed by atoms with Crippen LogP contribution in [0, 0.1) is 13.8 Å². The van der Waals surface area contributed by atoms with Crippen LogP contribution in [0.5, 0.6) is 11.5 Å². The maximum Gasteiger partial charge on any atom is 0.325 e. The summed E-state index contributed by atoms with van der Waals surface area (Å²) in [5.74, 6) is 0.543. The van der Waals surface area contributed by atoms with Gasteiger partial charge in [-0.3, -0.25) is 14.5 Å². The smallest absolute Gasteiger partial charge is 0.325 e. The zero-order valence-electron chi connectivity index (χ0n) is 19.3. The molecule has 3 aromatic rings. The van der Waals surface area contributed by atoms with Crippen LogP contribution in [0.2, 0.25) is 0 Å². The van der Waals surface area contributed by atoms with Crippen LogP contribution < -0.4 is 14.8 Å². The van der Waals surface area contributed by atoms with Crippen molar-refractivity contribution in [1.29, 1.82) is 0 Å². The van der Waals surface area contributed by atoms with E-state index in [0.29, 0.717) is 17.1 Å². The van der Waals surface area contributed by atoms with Crippen molar-refractivity contribution in [2.45, 2.75) is 32.7 Å². The number of ether oxygens (including phenoxy) is 2. The highest BCUT2D eigenvalue weighted by Crippen LogP contribution is 2.34. The molecule has 1 fully saturated rings. The van der Waals surface area contributed by atoms with Crippen LogP contribution in [0.1, 0.15) is 34.2 Å². The lowest BCUT2D eigenvalue weighted by molar-refractivity contribution is -0.130. The van der Waals surface area contributed by atoms with E-state index in [9.17, 15) is 14.4 Å². The number of hydrogen-bond donors (Lipinski definition) is 1. The van der Waals surface area contributed by atoms with Crippen LogP contribution in [0.3, 0.4) is 0 Å². The lowest BCUT2D eigenvalue weighted by Crippen LogP contribution is -2.46. The number of nitrogens with zero attached hydrogens (tertiary/aromatic N) is 2. The van der Waals surface area contributed by atoms with E-state index >= 15 is 0 Å². The van der Waals surface area contributed by atoms with Gasteiger partial charge in [0.1, 0.15) is 5.54 Å². The van der Waals surface area contributed by atoms with Gasteiger partial charge in [0, 0.05) is 29.1 Å². The molecule has 0 bridgehead atoms. The van der Waals surface area contributed by atoms with Crippen LogP contribution in [0.25, 0.3) is 5.69 Å². The number of aryl methyl sites for hydroxylation is 1. The largest absolute Gasteiger partial charge is 0.454 e. The number of nitrogens with one attached hydrogen (secondary N) is 1. The first kappa shape index (κ1) is 21.8. The second-order valence-corrected chi connectivity index (χ2v) is 8.90. The summed E-state index contributed by atoms with van der Waals surface area (Å²) in [5, 5.41) is 2.77. The van der Waals surface area contributed by atoms with Crippen molar-refractivity contribution in [3.8, 4) is 17.2 Å². The molecule has 0 spiro atoms. The molecule has 1 atom stereocenters. The molecule has 34 heavy (non-hydrogen) atoms. The number of carbonyl (C=O) groups excluding carboxylic acids is 3. The van der Waals surface area contributed by atoms with Gasteiger partial charge in [-0.25, -0.2) is 4.79 Å². The predicted molar refractivity (Wildman–Crippen MR) is 124 cm³/mol. The summed E-state index contributed by atoms with van der Waals surface area (Å²) in [6.45, 7) is 5.30. The number of rotatable bonds is 6. The molecule has 1 saturated heterocycles. The fourth-order valence-corrected chi connectivity index (χ4v) is 4.72. The number of aromatic nitrogens is 1. The quantitative estimate of drug-likeness (QED) is 0.450. The molecule has 0 radical (unpaired) electrons. The summed E-state index contributed by atoms with van der Waals surface area (Å²) < 4.78 is 12.7. The highest BCUT2D eigenvalue weighted by molar-refractivity contribution is 6.11. The number of hydrogen-bond acceptors (Lipinski definition) is 5. The van der Waals surface area contributed by atoms with Gasteiger partial charge < -0.3 is 19.4 Å². The average molecular weight is 460 g/mol. The molecule has 174 valence electrons. The third-order valence-corrected chi connectivity index (χ3v) is 6.39. The molecule has 0 aliphatic carbocycles. The van der Waals surface area contributed by atoms with Gasteiger partial charge in [0.05, 0.1) is 6.54 Å². The summed E-state index contributed by atoms with van der Waals surface area (Å²) in [7, 11) is 0. The van der Waals surface area contributed by atoms with Crippen LogP contribution >= 0.6 is 0 Å². The van der Waals surface area contributed by atoms with Gasteiger partial charge in [0.25, 0.3) is 5.91 Å². The Labute approximate surface area is 197 Å². The van der Waals surface area contributed by atoms with E-state index in [2.05, 4.69) is 5.32 Å².